The molecule has 0 bridgehead atoms. The van der Waals surface area contributed by atoms with Crippen LogP contribution in [0.25, 0.3) is 0 Å². The molecule has 0 aromatic carbocycles. The van der Waals surface area contributed by atoms with Gasteiger partial charge >= 0.3 is 0 Å². The molecular formula is C11H18N4O2. The summed E-state index contributed by atoms with van der Waals surface area (Å²) in [6, 6.07) is 0.227. The first-order valence-electron chi connectivity index (χ1n) is 5.98. The molecule has 1 saturated carbocycles. The fraction of sp³-hybridized carbons (Fsp3) is 0.727. The Balaban J connectivity index is 1.65. The van der Waals surface area contributed by atoms with Crippen molar-refractivity contribution in [2.24, 2.45) is 0 Å². The molecular weight excluding hydrogens is 220 g/mol. The highest BCUT2D eigenvalue weighted by Gasteiger charge is 2.25. The third-order valence-corrected chi connectivity index (χ3v) is 2.68. The van der Waals surface area contributed by atoms with Crippen molar-refractivity contribution in [3.63, 3.8) is 0 Å². The van der Waals surface area contributed by atoms with Gasteiger partial charge in [-0.2, -0.15) is 4.98 Å². The normalized spacial score (nSPS) is 16.8. The Morgan fingerprint density at radius 3 is 2.94 bits per heavy atom. The minimum atomic E-state index is -0.181. The van der Waals surface area contributed by atoms with Crippen LogP contribution >= 0.6 is 0 Å². The van der Waals surface area contributed by atoms with Gasteiger partial charge in [-0.3, -0.25) is 4.79 Å². The second-order valence-electron chi connectivity index (χ2n) is 4.44. The van der Waals surface area contributed by atoms with E-state index in [9.17, 15) is 4.79 Å². The monoisotopic (exact) mass is 238 g/mol. The van der Waals surface area contributed by atoms with Crippen molar-refractivity contribution >= 4 is 5.91 Å². The molecule has 2 rings (SSSR count). The molecule has 6 heteroatoms. The number of aryl methyl sites for hydroxylation is 1. The molecule has 1 aliphatic rings. The van der Waals surface area contributed by atoms with E-state index in [4.69, 9.17) is 4.52 Å². The van der Waals surface area contributed by atoms with E-state index in [1.807, 2.05) is 6.92 Å². The maximum atomic E-state index is 11.6. The molecule has 1 aromatic heterocycles. The number of amides is 1. The average molecular weight is 238 g/mol. The van der Waals surface area contributed by atoms with Gasteiger partial charge in [0.15, 0.2) is 5.82 Å². The topological polar surface area (TPSA) is 80.0 Å². The summed E-state index contributed by atoms with van der Waals surface area (Å²) in [6.45, 7) is 4.30. The number of aromatic nitrogens is 2. The van der Waals surface area contributed by atoms with Crippen LogP contribution in [-0.2, 0) is 11.2 Å². The molecule has 0 spiro atoms. The number of hydrogen-bond acceptors (Lipinski definition) is 5. The molecule has 0 aliphatic heterocycles. The average Bonchev–Trinajstić information content (AvgIpc) is 3.00. The summed E-state index contributed by atoms with van der Waals surface area (Å²) < 4.78 is 4.98. The van der Waals surface area contributed by atoms with Gasteiger partial charge in [-0.25, -0.2) is 0 Å². The van der Waals surface area contributed by atoms with Gasteiger partial charge in [-0.05, 0) is 26.7 Å². The van der Waals surface area contributed by atoms with Crippen molar-refractivity contribution in [3.8, 4) is 0 Å². The highest BCUT2D eigenvalue weighted by molar-refractivity contribution is 5.81. The van der Waals surface area contributed by atoms with Gasteiger partial charge in [0.2, 0.25) is 11.8 Å². The minimum Gasteiger partial charge on any atom is -0.352 e. The van der Waals surface area contributed by atoms with Crippen LogP contribution in [0.1, 0.15) is 31.5 Å². The van der Waals surface area contributed by atoms with E-state index in [1.165, 1.54) is 0 Å². The lowest BCUT2D eigenvalue weighted by molar-refractivity contribution is -0.122. The molecule has 1 unspecified atom stereocenters. The Kier molecular flexibility index (Phi) is 3.73. The van der Waals surface area contributed by atoms with E-state index in [2.05, 4.69) is 20.8 Å². The molecule has 1 atom stereocenters. The molecule has 1 aromatic rings. The summed E-state index contributed by atoms with van der Waals surface area (Å²) in [6.07, 6.45) is 2.86. The van der Waals surface area contributed by atoms with Crippen LogP contribution in [0.5, 0.6) is 0 Å². The van der Waals surface area contributed by atoms with Crippen LogP contribution in [0.15, 0.2) is 4.52 Å². The van der Waals surface area contributed by atoms with Crippen LogP contribution in [0.4, 0.5) is 0 Å². The lowest BCUT2D eigenvalue weighted by Gasteiger charge is -2.12. The van der Waals surface area contributed by atoms with Crippen molar-refractivity contribution in [3.05, 3.63) is 11.7 Å². The molecule has 6 nitrogen and oxygen atoms in total. The fourth-order valence-corrected chi connectivity index (χ4v) is 1.48. The van der Waals surface area contributed by atoms with Gasteiger partial charge in [-0.15, -0.1) is 0 Å². The largest absolute Gasteiger partial charge is 0.352 e. The third kappa shape index (κ3) is 3.81. The second kappa shape index (κ2) is 5.27. The van der Waals surface area contributed by atoms with E-state index in [-0.39, 0.29) is 11.9 Å². The Morgan fingerprint density at radius 2 is 2.35 bits per heavy atom. The molecule has 17 heavy (non-hydrogen) atoms. The van der Waals surface area contributed by atoms with E-state index in [1.54, 1.807) is 6.92 Å². The summed E-state index contributed by atoms with van der Waals surface area (Å²) in [5, 5.41) is 9.79. The quantitative estimate of drug-likeness (QED) is 0.739. The minimum absolute atomic E-state index is 0.0641. The Bertz CT molecular complexity index is 387. The van der Waals surface area contributed by atoms with Gasteiger partial charge in [0, 0.05) is 19.0 Å². The lowest BCUT2D eigenvalue weighted by atomic mass is 10.3. The third-order valence-electron chi connectivity index (χ3n) is 2.68. The van der Waals surface area contributed by atoms with E-state index in [0.717, 1.165) is 12.8 Å². The predicted molar refractivity (Wildman–Crippen MR) is 61.4 cm³/mol. The van der Waals surface area contributed by atoms with Crippen LogP contribution in [0.3, 0.4) is 0 Å². The van der Waals surface area contributed by atoms with Crippen molar-refractivity contribution in [1.29, 1.82) is 0 Å². The van der Waals surface area contributed by atoms with Gasteiger partial charge < -0.3 is 15.2 Å². The van der Waals surface area contributed by atoms with Gasteiger partial charge in [-0.1, -0.05) is 5.16 Å². The van der Waals surface area contributed by atoms with E-state index < -0.39 is 0 Å². The van der Waals surface area contributed by atoms with E-state index in [0.29, 0.717) is 30.7 Å². The van der Waals surface area contributed by atoms with E-state index >= 15 is 0 Å². The van der Waals surface area contributed by atoms with Crippen LogP contribution in [-0.4, -0.2) is 34.7 Å². The zero-order valence-corrected chi connectivity index (χ0v) is 10.2. The standard InChI is InChI=1S/C11H18N4O2/c1-7(11(16)14-9-3-4-9)12-6-5-10-13-8(2)15-17-10/h7,9,12H,3-6H2,1-2H3,(H,14,16). The molecule has 1 fully saturated rings. The van der Waals surface area contributed by atoms with Crippen molar-refractivity contribution in [1.82, 2.24) is 20.8 Å². The van der Waals surface area contributed by atoms with Crippen LogP contribution in [0, 0.1) is 6.92 Å². The molecule has 94 valence electrons. The summed E-state index contributed by atoms with van der Waals surface area (Å²) in [5.41, 5.74) is 0. The van der Waals surface area contributed by atoms with Gasteiger partial charge in [0.1, 0.15) is 0 Å². The summed E-state index contributed by atoms with van der Waals surface area (Å²) in [7, 11) is 0. The number of hydrogen-bond donors (Lipinski definition) is 2. The molecule has 0 radical (unpaired) electrons. The van der Waals surface area contributed by atoms with Crippen molar-refractivity contribution in [2.75, 3.05) is 6.54 Å². The second-order valence-corrected chi connectivity index (χ2v) is 4.44. The number of rotatable bonds is 6. The summed E-state index contributed by atoms with van der Waals surface area (Å²) in [4.78, 5) is 15.7. The van der Waals surface area contributed by atoms with Gasteiger partial charge in [0.25, 0.3) is 0 Å². The van der Waals surface area contributed by atoms with Crippen molar-refractivity contribution < 1.29 is 9.32 Å². The number of nitrogens with one attached hydrogen (secondary N) is 2. The highest BCUT2D eigenvalue weighted by atomic mass is 16.5. The SMILES string of the molecule is Cc1noc(CCNC(C)C(=O)NC2CC2)n1. The smallest absolute Gasteiger partial charge is 0.237 e. The highest BCUT2D eigenvalue weighted by Crippen LogP contribution is 2.18. The van der Waals surface area contributed by atoms with Crippen LogP contribution in [0.2, 0.25) is 0 Å². The first-order valence-corrected chi connectivity index (χ1v) is 5.98. The lowest BCUT2D eigenvalue weighted by Crippen LogP contribution is -2.43. The van der Waals surface area contributed by atoms with Crippen LogP contribution < -0.4 is 10.6 Å². The maximum absolute atomic E-state index is 11.6. The molecule has 1 heterocycles. The number of carbonyl (C=O) groups is 1. The predicted octanol–water partition coefficient (Wildman–Crippen LogP) is 0.177. The summed E-state index contributed by atoms with van der Waals surface area (Å²) in [5.74, 6) is 1.30. The number of carbonyl (C=O) groups excluding carboxylic acids is 1. The Morgan fingerprint density at radius 1 is 1.59 bits per heavy atom. The summed E-state index contributed by atoms with van der Waals surface area (Å²) >= 11 is 0. The first-order chi connectivity index (χ1) is 8.15. The first kappa shape index (κ1) is 12.0. The Labute approximate surface area is 100 Å². The molecule has 1 amide bonds. The Hall–Kier alpha value is -1.43. The zero-order valence-electron chi connectivity index (χ0n) is 10.2. The zero-order chi connectivity index (χ0) is 12.3. The fourth-order valence-electron chi connectivity index (χ4n) is 1.48. The molecule has 0 saturated heterocycles. The van der Waals surface area contributed by atoms with Crippen molar-refractivity contribution in [2.45, 2.75) is 45.2 Å². The number of nitrogens with zero attached hydrogens (tertiary/aromatic N) is 2. The van der Waals surface area contributed by atoms with Gasteiger partial charge in [0.05, 0.1) is 6.04 Å². The maximum Gasteiger partial charge on any atom is 0.237 e. The molecule has 2 N–H and O–H groups in total. The molecule has 1 aliphatic carbocycles.